The number of ether oxygens (including phenoxy) is 1. The summed E-state index contributed by atoms with van der Waals surface area (Å²) in [4.78, 5) is 0. The molecule has 0 unspecified atom stereocenters. The molecule has 85 valence electrons. The largest absolute Gasteiger partial charge is 0.382 e. The highest BCUT2D eigenvalue weighted by atomic mass is 28.3. The second-order valence-corrected chi connectivity index (χ2v) is 7.19. The molecule has 0 fully saturated rings. The van der Waals surface area contributed by atoms with Gasteiger partial charge in [0.1, 0.15) is 0 Å². The maximum Gasteiger partial charge on any atom is 0.0465 e. The van der Waals surface area contributed by atoms with Crippen LogP contribution in [0.2, 0.25) is 19.1 Å². The average Bonchev–Trinajstić information content (AvgIpc) is 2.15. The quantitative estimate of drug-likeness (QED) is 0.393. The molecule has 0 amide bonds. The minimum absolute atomic E-state index is 0.0411. The lowest BCUT2D eigenvalue weighted by atomic mass is 10.1. The van der Waals surface area contributed by atoms with E-state index in [-0.39, 0.29) is 8.80 Å². The van der Waals surface area contributed by atoms with Crippen LogP contribution in [-0.4, -0.2) is 22.0 Å². The monoisotopic (exact) mass is 215 g/mol. The van der Waals surface area contributed by atoms with Crippen molar-refractivity contribution < 1.29 is 4.74 Å². The topological polar surface area (TPSA) is 9.23 Å². The van der Waals surface area contributed by atoms with Gasteiger partial charge < -0.3 is 4.74 Å². The molecule has 1 radical (unpaired) electrons. The van der Waals surface area contributed by atoms with Crippen molar-refractivity contribution in [3.05, 3.63) is 0 Å². The van der Waals surface area contributed by atoms with Crippen LogP contribution in [-0.2, 0) is 4.74 Å². The zero-order valence-corrected chi connectivity index (χ0v) is 11.3. The lowest BCUT2D eigenvalue weighted by molar-refractivity contribution is 0.143. The summed E-state index contributed by atoms with van der Waals surface area (Å²) >= 11 is 0. The Hall–Kier alpha value is 0.177. The lowest BCUT2D eigenvalue weighted by Gasteiger charge is -2.03. The van der Waals surface area contributed by atoms with Crippen molar-refractivity contribution in [1.82, 2.24) is 0 Å². The molecule has 0 rings (SSSR count). The van der Waals surface area contributed by atoms with E-state index in [0.717, 1.165) is 13.2 Å². The Morgan fingerprint density at radius 2 is 1.43 bits per heavy atom. The standard InChI is InChI=1S/C12H27OSi/c1-4-13-11-9-7-5-6-8-10-12-14(2)3/h4-12H2,1-3H3. The molecule has 14 heavy (non-hydrogen) atoms. The molecule has 0 spiro atoms. The third-order valence-corrected chi connectivity index (χ3v) is 3.77. The zero-order valence-electron chi connectivity index (χ0n) is 10.3. The van der Waals surface area contributed by atoms with Gasteiger partial charge in [0.2, 0.25) is 0 Å². The van der Waals surface area contributed by atoms with Crippen LogP contribution >= 0.6 is 0 Å². The van der Waals surface area contributed by atoms with E-state index in [1.165, 1.54) is 44.6 Å². The van der Waals surface area contributed by atoms with Crippen molar-refractivity contribution in [1.29, 1.82) is 0 Å². The normalized spacial score (nSPS) is 11.1. The van der Waals surface area contributed by atoms with Crippen molar-refractivity contribution in [3.63, 3.8) is 0 Å². The fraction of sp³-hybridized carbons (Fsp3) is 1.00. The molecule has 0 aromatic carbocycles. The predicted molar refractivity (Wildman–Crippen MR) is 66.5 cm³/mol. The number of hydrogen-bond acceptors (Lipinski definition) is 1. The second-order valence-electron chi connectivity index (χ2n) is 4.28. The van der Waals surface area contributed by atoms with Gasteiger partial charge in [-0.2, -0.15) is 0 Å². The zero-order chi connectivity index (χ0) is 10.6. The molecule has 0 bridgehead atoms. The van der Waals surface area contributed by atoms with E-state index in [1.54, 1.807) is 0 Å². The van der Waals surface area contributed by atoms with Crippen LogP contribution in [0.4, 0.5) is 0 Å². The Balaban J connectivity index is 2.85. The van der Waals surface area contributed by atoms with Gasteiger partial charge in [0, 0.05) is 22.0 Å². The van der Waals surface area contributed by atoms with E-state index in [2.05, 4.69) is 20.0 Å². The van der Waals surface area contributed by atoms with E-state index in [4.69, 9.17) is 4.74 Å². The molecular formula is C12H27OSi. The van der Waals surface area contributed by atoms with Crippen LogP contribution in [0.3, 0.4) is 0 Å². The molecule has 0 saturated carbocycles. The van der Waals surface area contributed by atoms with Crippen LogP contribution in [0.15, 0.2) is 0 Å². The second kappa shape index (κ2) is 11.3. The summed E-state index contributed by atoms with van der Waals surface area (Å²) in [5.74, 6) is 0. The molecule has 0 aliphatic carbocycles. The summed E-state index contributed by atoms with van der Waals surface area (Å²) in [5.41, 5.74) is 0. The highest BCUT2D eigenvalue weighted by Crippen LogP contribution is 2.09. The fourth-order valence-electron chi connectivity index (χ4n) is 1.53. The van der Waals surface area contributed by atoms with Gasteiger partial charge in [-0.25, -0.2) is 0 Å². The van der Waals surface area contributed by atoms with Gasteiger partial charge >= 0.3 is 0 Å². The van der Waals surface area contributed by atoms with Crippen molar-refractivity contribution in [2.24, 2.45) is 0 Å². The number of unbranched alkanes of at least 4 members (excludes halogenated alkanes) is 5. The molecule has 0 aromatic rings. The highest BCUT2D eigenvalue weighted by molar-refractivity contribution is 6.55. The summed E-state index contributed by atoms with van der Waals surface area (Å²) in [5, 5.41) is 0. The lowest BCUT2D eigenvalue weighted by Crippen LogP contribution is -1.97. The minimum atomic E-state index is 0.0411. The molecule has 0 aromatic heterocycles. The Morgan fingerprint density at radius 1 is 0.857 bits per heavy atom. The Bertz CT molecular complexity index is 104. The predicted octanol–water partition coefficient (Wildman–Crippen LogP) is 4.12. The molecule has 1 nitrogen and oxygen atoms in total. The van der Waals surface area contributed by atoms with Crippen LogP contribution in [0.25, 0.3) is 0 Å². The van der Waals surface area contributed by atoms with Gasteiger partial charge in [0.15, 0.2) is 0 Å². The van der Waals surface area contributed by atoms with Crippen molar-refractivity contribution in [3.8, 4) is 0 Å². The van der Waals surface area contributed by atoms with Gasteiger partial charge in [0.25, 0.3) is 0 Å². The maximum absolute atomic E-state index is 5.30. The average molecular weight is 215 g/mol. The molecule has 0 aliphatic rings. The Kier molecular flexibility index (Phi) is 11.4. The van der Waals surface area contributed by atoms with Crippen molar-refractivity contribution >= 4 is 8.80 Å². The first-order chi connectivity index (χ1) is 6.77. The molecule has 0 atom stereocenters. The van der Waals surface area contributed by atoms with E-state index in [1.807, 2.05) is 0 Å². The van der Waals surface area contributed by atoms with Gasteiger partial charge in [-0.3, -0.25) is 0 Å². The number of rotatable bonds is 10. The Labute approximate surface area is 91.8 Å². The van der Waals surface area contributed by atoms with Crippen LogP contribution in [0, 0.1) is 0 Å². The first kappa shape index (κ1) is 14.2. The van der Waals surface area contributed by atoms with E-state index in [0.29, 0.717) is 0 Å². The maximum atomic E-state index is 5.30. The summed E-state index contributed by atoms with van der Waals surface area (Å²) in [7, 11) is 0.0411. The summed E-state index contributed by atoms with van der Waals surface area (Å²) < 4.78 is 5.30. The van der Waals surface area contributed by atoms with Crippen molar-refractivity contribution in [2.45, 2.75) is 64.6 Å². The summed E-state index contributed by atoms with van der Waals surface area (Å²) in [6.45, 7) is 8.72. The molecule has 0 saturated heterocycles. The third-order valence-electron chi connectivity index (χ3n) is 2.42. The molecule has 0 heterocycles. The summed E-state index contributed by atoms with van der Waals surface area (Å²) in [6.07, 6.45) is 8.36. The smallest absolute Gasteiger partial charge is 0.0465 e. The first-order valence-electron chi connectivity index (χ1n) is 6.14. The molecule has 0 aliphatic heterocycles. The molecular weight excluding hydrogens is 188 g/mol. The van der Waals surface area contributed by atoms with Gasteiger partial charge in [-0.15, -0.1) is 0 Å². The van der Waals surface area contributed by atoms with Gasteiger partial charge in [-0.1, -0.05) is 51.2 Å². The fourth-order valence-corrected chi connectivity index (χ4v) is 2.49. The van der Waals surface area contributed by atoms with E-state index < -0.39 is 0 Å². The SMILES string of the molecule is CCOCCCCCCCC[Si](C)C. The third kappa shape index (κ3) is 12.2. The van der Waals surface area contributed by atoms with Crippen LogP contribution < -0.4 is 0 Å². The summed E-state index contributed by atoms with van der Waals surface area (Å²) in [6, 6.07) is 1.50. The van der Waals surface area contributed by atoms with Gasteiger partial charge in [0.05, 0.1) is 0 Å². The minimum Gasteiger partial charge on any atom is -0.382 e. The number of hydrogen-bond donors (Lipinski definition) is 0. The van der Waals surface area contributed by atoms with E-state index >= 15 is 0 Å². The molecule has 0 N–H and O–H groups in total. The molecule has 2 heteroatoms. The first-order valence-corrected chi connectivity index (χ1v) is 8.85. The highest BCUT2D eigenvalue weighted by Gasteiger charge is 1.95. The van der Waals surface area contributed by atoms with Crippen molar-refractivity contribution in [2.75, 3.05) is 13.2 Å². The van der Waals surface area contributed by atoms with E-state index in [9.17, 15) is 0 Å². The van der Waals surface area contributed by atoms with Crippen LogP contribution in [0.1, 0.15) is 45.4 Å². The Morgan fingerprint density at radius 3 is 2.00 bits per heavy atom. The van der Waals surface area contributed by atoms with Gasteiger partial charge in [-0.05, 0) is 13.3 Å². The van der Waals surface area contributed by atoms with Crippen LogP contribution in [0.5, 0.6) is 0 Å².